The second kappa shape index (κ2) is 4.82. The summed E-state index contributed by atoms with van der Waals surface area (Å²) in [7, 11) is 0. The molecular formula is C14H9BrCl2N2. The first-order valence-electron chi connectivity index (χ1n) is 5.66. The number of benzene rings is 2. The number of rotatable bonds is 1. The molecule has 0 aliphatic carbocycles. The van der Waals surface area contributed by atoms with Crippen LogP contribution < -0.4 is 0 Å². The van der Waals surface area contributed by atoms with E-state index in [0.29, 0.717) is 10.0 Å². The van der Waals surface area contributed by atoms with Crippen LogP contribution in [0.25, 0.3) is 22.4 Å². The van der Waals surface area contributed by atoms with Crippen LogP contribution in [0.2, 0.25) is 10.0 Å². The predicted octanol–water partition coefficient (Wildman–Crippen LogP) is 5.61. The van der Waals surface area contributed by atoms with E-state index >= 15 is 0 Å². The van der Waals surface area contributed by atoms with Crippen LogP contribution in [-0.4, -0.2) is 9.97 Å². The molecule has 0 spiro atoms. The molecule has 0 radical (unpaired) electrons. The average Bonchev–Trinajstić information content (AvgIpc) is 2.72. The van der Waals surface area contributed by atoms with Crippen LogP contribution in [0.1, 0.15) is 5.56 Å². The summed E-state index contributed by atoms with van der Waals surface area (Å²) in [6.07, 6.45) is 0. The molecule has 3 rings (SSSR count). The number of hydrogen-bond donors (Lipinski definition) is 1. The SMILES string of the molecule is Cc1cc(Br)cc2[nH]c(-c3ccc(Cl)cc3Cl)nc12. The van der Waals surface area contributed by atoms with Crippen molar-refractivity contribution in [3.63, 3.8) is 0 Å². The standard InChI is InChI=1S/C14H9BrCl2N2/c1-7-4-8(15)5-12-13(7)19-14(18-12)10-3-2-9(16)6-11(10)17/h2-6H,1H3,(H,18,19). The van der Waals surface area contributed by atoms with Gasteiger partial charge in [0.15, 0.2) is 0 Å². The van der Waals surface area contributed by atoms with Gasteiger partial charge >= 0.3 is 0 Å². The van der Waals surface area contributed by atoms with Gasteiger partial charge in [0, 0.05) is 15.1 Å². The molecule has 5 heteroatoms. The Morgan fingerprint density at radius 3 is 2.68 bits per heavy atom. The summed E-state index contributed by atoms with van der Waals surface area (Å²) >= 11 is 15.6. The molecule has 0 fully saturated rings. The van der Waals surface area contributed by atoms with Gasteiger partial charge in [-0.1, -0.05) is 39.1 Å². The molecule has 2 aromatic carbocycles. The van der Waals surface area contributed by atoms with Gasteiger partial charge in [-0.25, -0.2) is 4.98 Å². The second-order valence-corrected chi connectivity index (χ2v) is 6.09. The van der Waals surface area contributed by atoms with E-state index in [2.05, 4.69) is 25.9 Å². The van der Waals surface area contributed by atoms with E-state index in [-0.39, 0.29) is 0 Å². The van der Waals surface area contributed by atoms with Gasteiger partial charge in [-0.2, -0.15) is 0 Å². The zero-order chi connectivity index (χ0) is 13.6. The monoisotopic (exact) mass is 354 g/mol. The number of aryl methyl sites for hydroxylation is 1. The second-order valence-electron chi connectivity index (χ2n) is 4.33. The van der Waals surface area contributed by atoms with Crippen molar-refractivity contribution in [2.24, 2.45) is 0 Å². The number of aromatic amines is 1. The first-order valence-corrected chi connectivity index (χ1v) is 7.21. The smallest absolute Gasteiger partial charge is 0.140 e. The van der Waals surface area contributed by atoms with Gasteiger partial charge in [0.05, 0.1) is 16.1 Å². The highest BCUT2D eigenvalue weighted by atomic mass is 79.9. The van der Waals surface area contributed by atoms with Crippen molar-refractivity contribution in [1.82, 2.24) is 9.97 Å². The molecule has 0 aliphatic rings. The van der Waals surface area contributed by atoms with E-state index in [4.69, 9.17) is 23.2 Å². The first-order chi connectivity index (χ1) is 9.04. The topological polar surface area (TPSA) is 28.7 Å². The molecule has 1 N–H and O–H groups in total. The van der Waals surface area contributed by atoms with Crippen molar-refractivity contribution in [3.8, 4) is 11.4 Å². The molecule has 2 nitrogen and oxygen atoms in total. The van der Waals surface area contributed by atoms with Crippen LogP contribution >= 0.6 is 39.1 Å². The fourth-order valence-electron chi connectivity index (χ4n) is 2.06. The predicted molar refractivity (Wildman–Crippen MR) is 84.0 cm³/mol. The molecule has 0 aliphatic heterocycles. The number of halogens is 3. The Morgan fingerprint density at radius 2 is 1.95 bits per heavy atom. The fourth-order valence-corrected chi connectivity index (χ4v) is 3.13. The van der Waals surface area contributed by atoms with Gasteiger partial charge < -0.3 is 4.98 Å². The largest absolute Gasteiger partial charge is 0.338 e. The molecule has 0 unspecified atom stereocenters. The molecule has 0 bridgehead atoms. The van der Waals surface area contributed by atoms with Crippen LogP contribution in [0.3, 0.4) is 0 Å². The van der Waals surface area contributed by atoms with Crippen LogP contribution in [0.15, 0.2) is 34.8 Å². The van der Waals surface area contributed by atoms with Gasteiger partial charge in [-0.15, -0.1) is 0 Å². The minimum absolute atomic E-state index is 0.586. The van der Waals surface area contributed by atoms with Gasteiger partial charge in [-0.3, -0.25) is 0 Å². The number of aromatic nitrogens is 2. The summed E-state index contributed by atoms with van der Waals surface area (Å²) in [6, 6.07) is 9.43. The lowest BCUT2D eigenvalue weighted by molar-refractivity contribution is 1.33. The Balaban J connectivity index is 2.23. The molecule has 0 amide bonds. The third-order valence-corrected chi connectivity index (χ3v) is 3.93. The third kappa shape index (κ3) is 2.38. The van der Waals surface area contributed by atoms with Crippen molar-refractivity contribution >= 4 is 50.2 Å². The number of H-pyrrole nitrogens is 1. The molecular weight excluding hydrogens is 347 g/mol. The number of nitrogens with one attached hydrogen (secondary N) is 1. The Bertz CT molecular complexity index is 780. The Labute approximate surface area is 128 Å². The van der Waals surface area contributed by atoms with Crippen LogP contribution in [0.4, 0.5) is 0 Å². The maximum atomic E-state index is 6.21. The maximum absolute atomic E-state index is 6.21. The maximum Gasteiger partial charge on any atom is 0.140 e. The quantitative estimate of drug-likeness (QED) is 0.604. The Morgan fingerprint density at radius 1 is 1.16 bits per heavy atom. The fraction of sp³-hybridized carbons (Fsp3) is 0.0714. The zero-order valence-corrected chi connectivity index (χ0v) is 13.1. The van der Waals surface area contributed by atoms with E-state index in [1.165, 1.54) is 0 Å². The minimum Gasteiger partial charge on any atom is -0.338 e. The first kappa shape index (κ1) is 13.0. The lowest BCUT2D eigenvalue weighted by Crippen LogP contribution is -1.82. The third-order valence-electron chi connectivity index (χ3n) is 2.93. The van der Waals surface area contributed by atoms with E-state index < -0.39 is 0 Å². The van der Waals surface area contributed by atoms with E-state index in [0.717, 1.165) is 32.5 Å². The number of imidazole rings is 1. The van der Waals surface area contributed by atoms with E-state index in [9.17, 15) is 0 Å². The number of fused-ring (bicyclic) bond motifs is 1. The number of nitrogens with zero attached hydrogens (tertiary/aromatic N) is 1. The van der Waals surface area contributed by atoms with E-state index in [1.807, 2.05) is 25.1 Å². The lowest BCUT2D eigenvalue weighted by atomic mass is 10.2. The van der Waals surface area contributed by atoms with Gasteiger partial charge in [0.25, 0.3) is 0 Å². The highest BCUT2D eigenvalue weighted by Crippen LogP contribution is 2.31. The molecule has 0 saturated heterocycles. The van der Waals surface area contributed by atoms with Crippen molar-refractivity contribution in [2.75, 3.05) is 0 Å². The average molecular weight is 356 g/mol. The van der Waals surface area contributed by atoms with Crippen LogP contribution in [0.5, 0.6) is 0 Å². The Hall–Kier alpha value is -1.03. The molecule has 3 aromatic rings. The summed E-state index contributed by atoms with van der Waals surface area (Å²) in [5.41, 5.74) is 3.88. The highest BCUT2D eigenvalue weighted by Gasteiger charge is 2.11. The highest BCUT2D eigenvalue weighted by molar-refractivity contribution is 9.10. The minimum atomic E-state index is 0.586. The molecule has 19 heavy (non-hydrogen) atoms. The van der Waals surface area contributed by atoms with Crippen LogP contribution in [0, 0.1) is 6.92 Å². The van der Waals surface area contributed by atoms with Crippen LogP contribution in [-0.2, 0) is 0 Å². The van der Waals surface area contributed by atoms with Gasteiger partial charge in [0.1, 0.15) is 5.82 Å². The molecule has 1 heterocycles. The lowest BCUT2D eigenvalue weighted by Gasteiger charge is -2.00. The van der Waals surface area contributed by atoms with Gasteiger partial charge in [0.2, 0.25) is 0 Å². The summed E-state index contributed by atoms with van der Waals surface area (Å²) in [5.74, 6) is 0.748. The molecule has 0 atom stereocenters. The van der Waals surface area contributed by atoms with Crippen molar-refractivity contribution in [1.29, 1.82) is 0 Å². The van der Waals surface area contributed by atoms with Crippen molar-refractivity contribution in [2.45, 2.75) is 6.92 Å². The van der Waals surface area contributed by atoms with E-state index in [1.54, 1.807) is 12.1 Å². The number of hydrogen-bond acceptors (Lipinski definition) is 1. The van der Waals surface area contributed by atoms with Gasteiger partial charge in [-0.05, 0) is 42.8 Å². The summed E-state index contributed by atoms with van der Waals surface area (Å²) in [6.45, 7) is 2.03. The molecule has 1 aromatic heterocycles. The Kier molecular flexibility index (Phi) is 3.29. The molecule has 0 saturated carbocycles. The summed E-state index contributed by atoms with van der Waals surface area (Å²) < 4.78 is 1.02. The molecule has 96 valence electrons. The van der Waals surface area contributed by atoms with Crippen molar-refractivity contribution < 1.29 is 0 Å². The zero-order valence-electron chi connectivity index (χ0n) is 9.97. The summed E-state index contributed by atoms with van der Waals surface area (Å²) in [4.78, 5) is 7.90. The normalized spacial score (nSPS) is 11.2. The van der Waals surface area contributed by atoms with Crippen molar-refractivity contribution in [3.05, 3.63) is 50.4 Å². The summed E-state index contributed by atoms with van der Waals surface area (Å²) in [5, 5.41) is 1.20.